The van der Waals surface area contributed by atoms with E-state index in [9.17, 15) is 5.11 Å². The van der Waals surface area contributed by atoms with E-state index < -0.39 is 0 Å². The first-order valence-electron chi connectivity index (χ1n) is 4.90. The predicted octanol–water partition coefficient (Wildman–Crippen LogP) is 2.27. The molecular weight excluding hydrogens is 164 g/mol. The zero-order chi connectivity index (χ0) is 9.68. The first-order valence-corrected chi connectivity index (χ1v) is 4.90. The monoisotopic (exact) mass is 182 g/mol. The summed E-state index contributed by atoms with van der Waals surface area (Å²) < 4.78 is 0. The van der Waals surface area contributed by atoms with Crippen molar-refractivity contribution >= 4 is 0 Å². The van der Waals surface area contributed by atoms with Crippen LogP contribution in [-0.2, 0) is 0 Å². The van der Waals surface area contributed by atoms with Crippen LogP contribution in [0, 0.1) is 5.92 Å². The van der Waals surface area contributed by atoms with E-state index >= 15 is 0 Å². The number of rotatable bonds is 5. The van der Waals surface area contributed by atoms with Crippen molar-refractivity contribution in [3.8, 4) is 0 Å². The fourth-order valence-electron chi connectivity index (χ4n) is 1.57. The van der Waals surface area contributed by atoms with E-state index in [2.05, 4.69) is 24.0 Å². The molecule has 0 aliphatic heterocycles. The number of aliphatic hydroxyl groups is 1. The summed E-state index contributed by atoms with van der Waals surface area (Å²) >= 11 is 0. The van der Waals surface area contributed by atoms with Gasteiger partial charge in [0, 0.05) is 11.8 Å². The van der Waals surface area contributed by atoms with Crippen LogP contribution < -0.4 is 0 Å². The largest absolute Gasteiger partial charge is 0.388 e. The Morgan fingerprint density at radius 3 is 2.92 bits per heavy atom. The van der Waals surface area contributed by atoms with E-state index in [1.807, 2.05) is 0 Å². The Hall–Kier alpha value is -0.830. The lowest BCUT2D eigenvalue weighted by molar-refractivity contribution is 0.145. The van der Waals surface area contributed by atoms with E-state index in [4.69, 9.17) is 0 Å². The molecule has 3 nitrogen and oxygen atoms in total. The van der Waals surface area contributed by atoms with Crippen molar-refractivity contribution in [2.24, 2.45) is 5.92 Å². The second-order valence-electron chi connectivity index (χ2n) is 3.68. The SMILES string of the molecule is CCCC(C)CC(O)c1cn[nH]c1. The van der Waals surface area contributed by atoms with Crippen molar-refractivity contribution < 1.29 is 5.11 Å². The van der Waals surface area contributed by atoms with Gasteiger partial charge in [0.25, 0.3) is 0 Å². The van der Waals surface area contributed by atoms with Gasteiger partial charge in [-0.1, -0.05) is 26.7 Å². The fourth-order valence-corrected chi connectivity index (χ4v) is 1.57. The van der Waals surface area contributed by atoms with Gasteiger partial charge in [0.2, 0.25) is 0 Å². The smallest absolute Gasteiger partial charge is 0.0823 e. The second-order valence-corrected chi connectivity index (χ2v) is 3.68. The molecule has 3 heteroatoms. The molecule has 0 bridgehead atoms. The normalized spacial score (nSPS) is 15.6. The number of hydrogen-bond acceptors (Lipinski definition) is 2. The minimum absolute atomic E-state index is 0.361. The Balaban J connectivity index is 2.37. The summed E-state index contributed by atoms with van der Waals surface area (Å²) in [7, 11) is 0. The Kier molecular flexibility index (Phi) is 3.96. The minimum atomic E-state index is -0.361. The molecule has 1 rings (SSSR count). The zero-order valence-electron chi connectivity index (χ0n) is 8.33. The number of aliphatic hydroxyl groups excluding tert-OH is 1. The van der Waals surface area contributed by atoms with Crippen LogP contribution in [0.3, 0.4) is 0 Å². The second kappa shape index (κ2) is 5.02. The summed E-state index contributed by atoms with van der Waals surface area (Å²) in [6.45, 7) is 4.34. The molecule has 0 radical (unpaired) electrons. The molecule has 0 aliphatic rings. The molecule has 2 N–H and O–H groups in total. The Labute approximate surface area is 79.2 Å². The summed E-state index contributed by atoms with van der Waals surface area (Å²) in [4.78, 5) is 0. The van der Waals surface area contributed by atoms with Gasteiger partial charge in [0.05, 0.1) is 12.3 Å². The highest BCUT2D eigenvalue weighted by Crippen LogP contribution is 2.22. The number of hydrogen-bond donors (Lipinski definition) is 2. The van der Waals surface area contributed by atoms with Gasteiger partial charge in [-0.15, -0.1) is 0 Å². The van der Waals surface area contributed by atoms with E-state index in [1.165, 1.54) is 12.8 Å². The number of H-pyrrole nitrogens is 1. The molecule has 0 spiro atoms. The number of aromatic nitrogens is 2. The number of nitrogens with one attached hydrogen (secondary N) is 1. The molecule has 1 aromatic rings. The molecular formula is C10H18N2O. The quantitative estimate of drug-likeness (QED) is 0.733. The van der Waals surface area contributed by atoms with Gasteiger partial charge >= 0.3 is 0 Å². The van der Waals surface area contributed by atoms with E-state index in [-0.39, 0.29) is 6.10 Å². The molecule has 74 valence electrons. The lowest BCUT2D eigenvalue weighted by Gasteiger charge is -2.14. The van der Waals surface area contributed by atoms with E-state index in [0.29, 0.717) is 5.92 Å². The molecule has 0 aromatic carbocycles. The molecule has 1 aromatic heterocycles. The topological polar surface area (TPSA) is 48.9 Å². The van der Waals surface area contributed by atoms with Crippen molar-refractivity contribution in [3.63, 3.8) is 0 Å². The van der Waals surface area contributed by atoms with Crippen LogP contribution in [0.5, 0.6) is 0 Å². The van der Waals surface area contributed by atoms with Crippen molar-refractivity contribution in [1.82, 2.24) is 10.2 Å². The van der Waals surface area contributed by atoms with Crippen LogP contribution in [-0.4, -0.2) is 15.3 Å². The van der Waals surface area contributed by atoms with Crippen LogP contribution in [0.1, 0.15) is 44.8 Å². The highest BCUT2D eigenvalue weighted by atomic mass is 16.3. The lowest BCUT2D eigenvalue weighted by Crippen LogP contribution is -2.03. The zero-order valence-corrected chi connectivity index (χ0v) is 8.33. The summed E-state index contributed by atoms with van der Waals surface area (Å²) in [6, 6.07) is 0. The van der Waals surface area contributed by atoms with Crippen LogP contribution >= 0.6 is 0 Å². The number of aromatic amines is 1. The molecule has 2 unspecified atom stereocenters. The van der Waals surface area contributed by atoms with E-state index in [1.54, 1.807) is 12.4 Å². The molecule has 0 aliphatic carbocycles. The van der Waals surface area contributed by atoms with Gasteiger partial charge in [-0.25, -0.2) is 0 Å². The first kappa shape index (κ1) is 10.3. The van der Waals surface area contributed by atoms with Crippen LogP contribution in [0.4, 0.5) is 0 Å². The van der Waals surface area contributed by atoms with Gasteiger partial charge in [0.1, 0.15) is 0 Å². The maximum atomic E-state index is 9.75. The summed E-state index contributed by atoms with van der Waals surface area (Å²) in [5, 5.41) is 16.3. The Morgan fingerprint density at radius 1 is 1.62 bits per heavy atom. The first-order chi connectivity index (χ1) is 6.24. The summed E-state index contributed by atoms with van der Waals surface area (Å²) in [5.74, 6) is 0.579. The fraction of sp³-hybridized carbons (Fsp3) is 0.700. The van der Waals surface area contributed by atoms with Crippen molar-refractivity contribution in [1.29, 1.82) is 0 Å². The van der Waals surface area contributed by atoms with E-state index in [0.717, 1.165) is 12.0 Å². The molecule has 2 atom stereocenters. The summed E-state index contributed by atoms with van der Waals surface area (Å²) in [6.07, 6.45) is 6.26. The molecule has 0 saturated carbocycles. The molecule has 0 saturated heterocycles. The predicted molar refractivity (Wildman–Crippen MR) is 52.2 cm³/mol. The van der Waals surface area contributed by atoms with Crippen LogP contribution in [0.2, 0.25) is 0 Å². The summed E-state index contributed by atoms with van der Waals surface area (Å²) in [5.41, 5.74) is 0.892. The molecule has 13 heavy (non-hydrogen) atoms. The molecule has 0 fully saturated rings. The third kappa shape index (κ3) is 3.19. The van der Waals surface area contributed by atoms with Gasteiger partial charge in [-0.3, -0.25) is 5.10 Å². The van der Waals surface area contributed by atoms with Gasteiger partial charge in [-0.2, -0.15) is 5.10 Å². The van der Waals surface area contributed by atoms with Gasteiger partial charge in [0.15, 0.2) is 0 Å². The number of nitrogens with zero attached hydrogens (tertiary/aromatic N) is 1. The third-order valence-corrected chi connectivity index (χ3v) is 2.31. The average molecular weight is 182 g/mol. The van der Waals surface area contributed by atoms with Crippen molar-refractivity contribution in [2.75, 3.05) is 0 Å². The maximum Gasteiger partial charge on any atom is 0.0823 e. The molecule has 1 heterocycles. The lowest BCUT2D eigenvalue weighted by atomic mass is 9.96. The highest BCUT2D eigenvalue weighted by Gasteiger charge is 2.12. The standard InChI is InChI=1S/C10H18N2O/c1-3-4-8(2)5-10(13)9-6-11-12-7-9/h6-8,10,13H,3-5H2,1-2H3,(H,11,12). The average Bonchev–Trinajstić information content (AvgIpc) is 2.55. The minimum Gasteiger partial charge on any atom is -0.388 e. The highest BCUT2D eigenvalue weighted by molar-refractivity contribution is 5.06. The molecule has 0 amide bonds. The van der Waals surface area contributed by atoms with Crippen molar-refractivity contribution in [2.45, 2.75) is 39.2 Å². The Bertz CT molecular complexity index is 221. The van der Waals surface area contributed by atoms with Crippen LogP contribution in [0.15, 0.2) is 12.4 Å². The van der Waals surface area contributed by atoms with Gasteiger partial charge in [-0.05, 0) is 12.3 Å². The van der Waals surface area contributed by atoms with Crippen LogP contribution in [0.25, 0.3) is 0 Å². The Morgan fingerprint density at radius 2 is 2.38 bits per heavy atom. The third-order valence-electron chi connectivity index (χ3n) is 2.31. The maximum absolute atomic E-state index is 9.75. The van der Waals surface area contributed by atoms with Crippen molar-refractivity contribution in [3.05, 3.63) is 18.0 Å². The van der Waals surface area contributed by atoms with Gasteiger partial charge < -0.3 is 5.11 Å².